The highest BCUT2D eigenvalue weighted by Gasteiger charge is 2.45. The fourth-order valence-corrected chi connectivity index (χ4v) is 4.93. The predicted octanol–water partition coefficient (Wildman–Crippen LogP) is 2.80. The van der Waals surface area contributed by atoms with E-state index in [1.807, 2.05) is 6.26 Å². The smallest absolute Gasteiger partial charge is 0.192 e. The molecular formula is C17H29N5O3SSi. The van der Waals surface area contributed by atoms with Crippen LogP contribution >= 0.6 is 11.8 Å². The minimum atomic E-state index is -1.99. The van der Waals surface area contributed by atoms with E-state index in [4.69, 9.17) is 14.9 Å². The molecule has 0 saturated carbocycles. The van der Waals surface area contributed by atoms with Gasteiger partial charge in [-0.1, -0.05) is 20.8 Å². The van der Waals surface area contributed by atoms with Crippen molar-refractivity contribution in [3.8, 4) is 0 Å². The largest absolute Gasteiger partial charge is 0.411 e. The van der Waals surface area contributed by atoms with Gasteiger partial charge in [0, 0.05) is 6.42 Å². The van der Waals surface area contributed by atoms with E-state index in [1.54, 1.807) is 4.68 Å². The molecule has 8 nitrogen and oxygen atoms in total. The van der Waals surface area contributed by atoms with Crippen molar-refractivity contribution in [2.24, 2.45) is 0 Å². The summed E-state index contributed by atoms with van der Waals surface area (Å²) in [6.45, 7) is 10.9. The minimum absolute atomic E-state index is 0.0805. The Labute approximate surface area is 165 Å². The van der Waals surface area contributed by atoms with Crippen LogP contribution < -0.4 is 5.73 Å². The molecule has 10 heteroatoms. The maximum atomic E-state index is 9.84. The first-order chi connectivity index (χ1) is 12.6. The van der Waals surface area contributed by atoms with E-state index in [0.717, 1.165) is 10.4 Å². The minimum Gasteiger partial charge on any atom is -0.411 e. The molecule has 0 spiro atoms. The third-order valence-electron chi connectivity index (χ3n) is 5.56. The molecule has 1 fully saturated rings. The van der Waals surface area contributed by atoms with Crippen LogP contribution in [0.1, 0.15) is 33.4 Å². The quantitative estimate of drug-likeness (QED) is 0.571. The lowest BCUT2D eigenvalue weighted by Gasteiger charge is -2.39. The number of aliphatic hydroxyl groups excluding tert-OH is 1. The van der Waals surface area contributed by atoms with E-state index in [2.05, 4.69) is 48.9 Å². The standard InChI is InChI=1S/C17H29N5O3SSi/c1-17(2,3)27(5,6)25-10-7-12(24-11(10)8-23)22-15-13(16(21-22)26-4)14(18)19-9-20-15/h9-12,23H,7-8H2,1-6H3,(H2,18,19,20)/t10?,11-,12-/m1/s1. The predicted molar refractivity (Wildman–Crippen MR) is 109 cm³/mol. The first-order valence-electron chi connectivity index (χ1n) is 9.06. The first-order valence-corrected chi connectivity index (χ1v) is 13.2. The number of hydrogen-bond acceptors (Lipinski definition) is 8. The third kappa shape index (κ3) is 3.73. The Hall–Kier alpha value is -1.20. The molecule has 1 saturated heterocycles. The lowest BCUT2D eigenvalue weighted by molar-refractivity contribution is -0.0453. The molecule has 27 heavy (non-hydrogen) atoms. The number of hydrogen-bond donors (Lipinski definition) is 2. The van der Waals surface area contributed by atoms with Gasteiger partial charge < -0.3 is 20.0 Å². The number of aliphatic hydroxyl groups is 1. The number of thioether (sulfide) groups is 1. The summed E-state index contributed by atoms with van der Waals surface area (Å²) >= 11 is 1.49. The lowest BCUT2D eigenvalue weighted by Crippen LogP contribution is -2.46. The highest BCUT2D eigenvalue weighted by molar-refractivity contribution is 7.98. The zero-order chi connectivity index (χ0) is 20.0. The van der Waals surface area contributed by atoms with Crippen LogP contribution in [0.25, 0.3) is 11.0 Å². The van der Waals surface area contributed by atoms with Crippen molar-refractivity contribution in [3.05, 3.63) is 6.33 Å². The van der Waals surface area contributed by atoms with Crippen molar-refractivity contribution < 1.29 is 14.3 Å². The third-order valence-corrected chi connectivity index (χ3v) is 10.7. The van der Waals surface area contributed by atoms with Crippen LogP contribution in [-0.4, -0.2) is 58.2 Å². The number of aromatic nitrogens is 4. The SMILES string of the molecule is CSc1nn([C@H]2CC(O[Si](C)(C)C(C)(C)C)[C@@H](CO)O2)c2ncnc(N)c12. The highest BCUT2D eigenvalue weighted by atomic mass is 32.2. The van der Waals surface area contributed by atoms with Gasteiger partial charge in [0.15, 0.2) is 20.2 Å². The molecule has 150 valence electrons. The Balaban J connectivity index is 1.92. The summed E-state index contributed by atoms with van der Waals surface area (Å²) in [5.41, 5.74) is 6.68. The molecule has 1 unspecified atom stereocenters. The molecule has 1 aliphatic heterocycles. The fourth-order valence-electron chi connectivity index (χ4n) is 3.00. The number of fused-ring (bicyclic) bond motifs is 1. The number of nitrogen functional groups attached to an aromatic ring is 1. The second-order valence-electron chi connectivity index (χ2n) is 8.38. The van der Waals surface area contributed by atoms with Crippen LogP contribution in [0.2, 0.25) is 18.1 Å². The molecule has 0 aromatic carbocycles. The molecule has 2 aromatic heterocycles. The number of nitrogens with two attached hydrogens (primary N) is 1. The average molecular weight is 412 g/mol. The van der Waals surface area contributed by atoms with Crippen LogP contribution in [0.5, 0.6) is 0 Å². The Kier molecular flexibility index (Phi) is 5.57. The highest BCUT2D eigenvalue weighted by Crippen LogP contribution is 2.42. The van der Waals surface area contributed by atoms with Gasteiger partial charge in [0.1, 0.15) is 23.3 Å². The monoisotopic (exact) mass is 411 g/mol. The van der Waals surface area contributed by atoms with Gasteiger partial charge in [0.05, 0.1) is 18.1 Å². The van der Waals surface area contributed by atoms with Gasteiger partial charge >= 0.3 is 0 Å². The zero-order valence-electron chi connectivity index (χ0n) is 16.8. The summed E-state index contributed by atoms with van der Waals surface area (Å²) in [5.74, 6) is 0.404. The topological polar surface area (TPSA) is 108 Å². The van der Waals surface area contributed by atoms with E-state index in [1.165, 1.54) is 18.1 Å². The fraction of sp³-hybridized carbons (Fsp3) is 0.706. The second kappa shape index (κ2) is 7.32. The van der Waals surface area contributed by atoms with Crippen LogP contribution in [0, 0.1) is 0 Å². The van der Waals surface area contributed by atoms with E-state index in [9.17, 15) is 5.11 Å². The van der Waals surface area contributed by atoms with Crippen LogP contribution in [0.4, 0.5) is 5.82 Å². The maximum Gasteiger partial charge on any atom is 0.192 e. The molecule has 3 atom stereocenters. The Morgan fingerprint density at radius 1 is 1.41 bits per heavy atom. The summed E-state index contributed by atoms with van der Waals surface area (Å²) in [7, 11) is -1.99. The molecule has 0 amide bonds. The summed E-state index contributed by atoms with van der Waals surface area (Å²) in [5, 5.41) is 16.1. The van der Waals surface area contributed by atoms with Crippen molar-refractivity contribution in [2.45, 2.75) is 68.8 Å². The van der Waals surface area contributed by atoms with Gasteiger partial charge in [-0.05, 0) is 24.4 Å². The van der Waals surface area contributed by atoms with Gasteiger partial charge in [-0.25, -0.2) is 14.6 Å². The van der Waals surface area contributed by atoms with Gasteiger partial charge in [-0.3, -0.25) is 0 Å². The Bertz CT molecular complexity index is 823. The zero-order valence-corrected chi connectivity index (χ0v) is 18.6. The van der Waals surface area contributed by atoms with Gasteiger partial charge in [-0.2, -0.15) is 5.10 Å². The molecule has 0 aliphatic carbocycles. The van der Waals surface area contributed by atoms with Gasteiger partial charge in [0.2, 0.25) is 0 Å². The Morgan fingerprint density at radius 2 is 2.11 bits per heavy atom. The number of anilines is 1. The molecule has 2 aromatic rings. The van der Waals surface area contributed by atoms with E-state index < -0.39 is 8.32 Å². The molecule has 3 N–H and O–H groups in total. The lowest BCUT2D eigenvalue weighted by atomic mass is 10.2. The van der Waals surface area contributed by atoms with Crippen molar-refractivity contribution >= 4 is 36.9 Å². The van der Waals surface area contributed by atoms with Gasteiger partial charge in [0.25, 0.3) is 0 Å². The normalized spacial score (nSPS) is 24.0. The maximum absolute atomic E-state index is 9.84. The van der Waals surface area contributed by atoms with E-state index >= 15 is 0 Å². The van der Waals surface area contributed by atoms with E-state index in [-0.39, 0.29) is 30.1 Å². The summed E-state index contributed by atoms with van der Waals surface area (Å²) in [4.78, 5) is 8.44. The molecule has 0 radical (unpaired) electrons. The molecule has 3 rings (SSSR count). The van der Waals surface area contributed by atoms with Gasteiger partial charge in [-0.15, -0.1) is 11.8 Å². The van der Waals surface area contributed by atoms with Crippen molar-refractivity contribution in [1.82, 2.24) is 19.7 Å². The average Bonchev–Trinajstić information content (AvgIpc) is 3.15. The second-order valence-corrected chi connectivity index (χ2v) is 13.9. The number of rotatable bonds is 5. The van der Waals surface area contributed by atoms with Crippen molar-refractivity contribution in [2.75, 3.05) is 18.6 Å². The van der Waals surface area contributed by atoms with Crippen molar-refractivity contribution in [3.63, 3.8) is 0 Å². The van der Waals surface area contributed by atoms with Crippen LogP contribution in [0.3, 0.4) is 0 Å². The van der Waals surface area contributed by atoms with Crippen LogP contribution in [-0.2, 0) is 9.16 Å². The summed E-state index contributed by atoms with van der Waals surface area (Å²) < 4.78 is 14.4. The summed E-state index contributed by atoms with van der Waals surface area (Å²) in [6.07, 6.45) is 3.04. The molecule has 0 bridgehead atoms. The molecular weight excluding hydrogens is 382 g/mol. The Morgan fingerprint density at radius 3 is 2.70 bits per heavy atom. The number of ether oxygens (including phenoxy) is 1. The van der Waals surface area contributed by atoms with Crippen LogP contribution in [0.15, 0.2) is 11.4 Å². The van der Waals surface area contributed by atoms with Crippen molar-refractivity contribution in [1.29, 1.82) is 0 Å². The molecule has 1 aliphatic rings. The van der Waals surface area contributed by atoms with E-state index in [0.29, 0.717) is 17.9 Å². The molecule has 3 heterocycles. The first kappa shape index (κ1) is 20.5. The summed E-state index contributed by atoms with van der Waals surface area (Å²) in [6, 6.07) is 0. The number of nitrogens with zero attached hydrogens (tertiary/aromatic N) is 4.